The maximum Gasteiger partial charge on any atom is 0.224 e. The predicted molar refractivity (Wildman–Crippen MR) is 79.1 cm³/mol. The van der Waals surface area contributed by atoms with Gasteiger partial charge in [-0.1, -0.05) is 26.0 Å². The third kappa shape index (κ3) is 6.97. The average Bonchev–Trinajstić information content (AvgIpc) is 2.34. The van der Waals surface area contributed by atoms with Crippen LogP contribution in [-0.2, 0) is 16.1 Å². The largest absolute Gasteiger partial charge is 0.374 e. The van der Waals surface area contributed by atoms with E-state index in [4.69, 9.17) is 4.74 Å². The van der Waals surface area contributed by atoms with E-state index in [-0.39, 0.29) is 12.0 Å². The van der Waals surface area contributed by atoms with Gasteiger partial charge in [0.1, 0.15) is 0 Å². The van der Waals surface area contributed by atoms with E-state index in [0.29, 0.717) is 18.9 Å². The molecule has 1 rings (SSSR count). The van der Waals surface area contributed by atoms with E-state index < -0.39 is 0 Å². The van der Waals surface area contributed by atoms with Crippen LogP contribution in [0, 0.1) is 5.92 Å². The van der Waals surface area contributed by atoms with Gasteiger partial charge in [-0.05, 0) is 43.9 Å². The first kappa shape index (κ1) is 15.7. The molecule has 0 aliphatic carbocycles. The molecule has 0 aromatic heterocycles. The van der Waals surface area contributed by atoms with Gasteiger partial charge in [-0.25, -0.2) is 0 Å². The number of nitrogens with one attached hydrogen (secondary N) is 1. The third-order valence-corrected chi connectivity index (χ3v) is 2.74. The topological polar surface area (TPSA) is 38.3 Å². The number of amides is 1. The van der Waals surface area contributed by atoms with Crippen LogP contribution in [0.2, 0.25) is 0 Å². The number of benzene rings is 1. The van der Waals surface area contributed by atoms with E-state index in [0.717, 1.165) is 17.7 Å². The zero-order valence-electron chi connectivity index (χ0n) is 12.4. The molecule has 0 unspecified atom stereocenters. The van der Waals surface area contributed by atoms with Crippen LogP contribution in [-0.4, -0.2) is 12.0 Å². The second-order valence-electron chi connectivity index (χ2n) is 5.54. The summed E-state index contributed by atoms with van der Waals surface area (Å²) in [6.07, 6.45) is 1.70. The summed E-state index contributed by atoms with van der Waals surface area (Å²) in [6.45, 7) is 8.84. The minimum atomic E-state index is 0.0793. The van der Waals surface area contributed by atoms with Crippen LogP contribution in [0.3, 0.4) is 0 Å². The summed E-state index contributed by atoms with van der Waals surface area (Å²) >= 11 is 0. The zero-order chi connectivity index (χ0) is 14.3. The van der Waals surface area contributed by atoms with Gasteiger partial charge in [-0.3, -0.25) is 4.79 Å². The van der Waals surface area contributed by atoms with E-state index in [9.17, 15) is 4.79 Å². The van der Waals surface area contributed by atoms with Crippen molar-refractivity contribution in [2.45, 2.75) is 53.2 Å². The van der Waals surface area contributed by atoms with Crippen LogP contribution in [0.25, 0.3) is 0 Å². The lowest BCUT2D eigenvalue weighted by Gasteiger charge is -2.10. The van der Waals surface area contributed by atoms with E-state index in [1.165, 1.54) is 0 Å². The quantitative estimate of drug-likeness (QED) is 0.808. The fourth-order valence-electron chi connectivity index (χ4n) is 1.65. The Labute approximate surface area is 116 Å². The van der Waals surface area contributed by atoms with Crippen LogP contribution in [0.5, 0.6) is 0 Å². The molecule has 106 valence electrons. The van der Waals surface area contributed by atoms with E-state index in [1.54, 1.807) is 0 Å². The summed E-state index contributed by atoms with van der Waals surface area (Å²) in [7, 11) is 0. The smallest absolute Gasteiger partial charge is 0.224 e. The highest BCUT2D eigenvalue weighted by Gasteiger charge is 2.05. The van der Waals surface area contributed by atoms with Crippen LogP contribution < -0.4 is 5.32 Å². The van der Waals surface area contributed by atoms with Gasteiger partial charge in [0.15, 0.2) is 0 Å². The van der Waals surface area contributed by atoms with Crippen molar-refractivity contribution in [1.82, 2.24) is 0 Å². The van der Waals surface area contributed by atoms with Crippen molar-refractivity contribution in [2.24, 2.45) is 5.92 Å². The lowest BCUT2D eigenvalue weighted by atomic mass is 10.1. The minimum absolute atomic E-state index is 0.0793. The Balaban J connectivity index is 2.49. The molecule has 19 heavy (non-hydrogen) atoms. The molecule has 0 aliphatic heterocycles. The standard InChI is InChI=1S/C16H25NO2/c1-12(2)8-9-16(18)17-15-7-5-6-14(10-15)11-19-13(3)4/h5-7,10,12-13H,8-9,11H2,1-4H3,(H,17,18). The normalized spacial score (nSPS) is 11.1. The maximum absolute atomic E-state index is 11.8. The molecule has 0 atom stereocenters. The molecule has 3 nitrogen and oxygen atoms in total. The van der Waals surface area contributed by atoms with Gasteiger partial charge in [0.05, 0.1) is 12.7 Å². The molecule has 0 bridgehead atoms. The molecular formula is C16H25NO2. The molecule has 1 aromatic rings. The third-order valence-electron chi connectivity index (χ3n) is 2.74. The molecule has 3 heteroatoms. The molecule has 0 saturated heterocycles. The summed E-state index contributed by atoms with van der Waals surface area (Å²) < 4.78 is 5.55. The first-order chi connectivity index (χ1) is 8.97. The number of hydrogen-bond acceptors (Lipinski definition) is 2. The SMILES string of the molecule is CC(C)CCC(=O)Nc1cccc(COC(C)C)c1. The van der Waals surface area contributed by atoms with Crippen molar-refractivity contribution in [1.29, 1.82) is 0 Å². The summed E-state index contributed by atoms with van der Waals surface area (Å²) in [4.78, 5) is 11.8. The number of anilines is 1. The highest BCUT2D eigenvalue weighted by Crippen LogP contribution is 2.13. The molecule has 1 aromatic carbocycles. The van der Waals surface area contributed by atoms with Crippen LogP contribution >= 0.6 is 0 Å². The maximum atomic E-state index is 11.8. The number of carbonyl (C=O) groups excluding carboxylic acids is 1. The van der Waals surface area contributed by atoms with Gasteiger partial charge in [0.25, 0.3) is 0 Å². The molecule has 1 amide bonds. The number of ether oxygens (including phenoxy) is 1. The lowest BCUT2D eigenvalue weighted by Crippen LogP contribution is -2.12. The van der Waals surface area contributed by atoms with Gasteiger partial charge in [0.2, 0.25) is 5.91 Å². The van der Waals surface area contributed by atoms with Crippen LogP contribution in [0.1, 0.15) is 46.1 Å². The molecule has 0 aliphatic rings. The highest BCUT2D eigenvalue weighted by atomic mass is 16.5. The summed E-state index contributed by atoms with van der Waals surface area (Å²) in [5.41, 5.74) is 1.92. The van der Waals surface area contributed by atoms with Gasteiger partial charge < -0.3 is 10.1 Å². The number of hydrogen-bond donors (Lipinski definition) is 1. The Bertz CT molecular complexity index is 399. The fraction of sp³-hybridized carbons (Fsp3) is 0.562. The van der Waals surface area contributed by atoms with Crippen molar-refractivity contribution in [3.05, 3.63) is 29.8 Å². The Morgan fingerprint density at radius 3 is 2.63 bits per heavy atom. The van der Waals surface area contributed by atoms with E-state index in [1.807, 2.05) is 38.1 Å². The predicted octanol–water partition coefficient (Wildman–Crippen LogP) is 3.99. The summed E-state index contributed by atoms with van der Waals surface area (Å²) in [5, 5.41) is 2.93. The summed E-state index contributed by atoms with van der Waals surface area (Å²) in [6, 6.07) is 7.82. The molecule has 1 N–H and O–H groups in total. The zero-order valence-corrected chi connectivity index (χ0v) is 12.4. The fourth-order valence-corrected chi connectivity index (χ4v) is 1.65. The Kier molecular flexibility index (Phi) is 6.57. The van der Waals surface area contributed by atoms with Crippen molar-refractivity contribution >= 4 is 11.6 Å². The first-order valence-electron chi connectivity index (χ1n) is 6.97. The van der Waals surface area contributed by atoms with Gasteiger partial charge in [0, 0.05) is 12.1 Å². The van der Waals surface area contributed by atoms with Gasteiger partial charge in [-0.15, -0.1) is 0 Å². The Morgan fingerprint density at radius 1 is 1.26 bits per heavy atom. The summed E-state index contributed by atoms with van der Waals surface area (Å²) in [5.74, 6) is 0.632. The molecular weight excluding hydrogens is 238 g/mol. The second kappa shape index (κ2) is 7.95. The van der Waals surface area contributed by atoms with Gasteiger partial charge >= 0.3 is 0 Å². The number of carbonyl (C=O) groups is 1. The molecule has 0 heterocycles. The average molecular weight is 263 g/mol. The lowest BCUT2D eigenvalue weighted by molar-refractivity contribution is -0.116. The molecule has 0 radical (unpaired) electrons. The minimum Gasteiger partial charge on any atom is -0.374 e. The Hall–Kier alpha value is -1.35. The van der Waals surface area contributed by atoms with Crippen LogP contribution in [0.15, 0.2) is 24.3 Å². The van der Waals surface area contributed by atoms with E-state index >= 15 is 0 Å². The van der Waals surface area contributed by atoms with E-state index in [2.05, 4.69) is 19.2 Å². The first-order valence-corrected chi connectivity index (χ1v) is 6.97. The van der Waals surface area contributed by atoms with Crippen molar-refractivity contribution in [2.75, 3.05) is 5.32 Å². The van der Waals surface area contributed by atoms with Crippen molar-refractivity contribution < 1.29 is 9.53 Å². The highest BCUT2D eigenvalue weighted by molar-refractivity contribution is 5.90. The monoisotopic (exact) mass is 263 g/mol. The second-order valence-corrected chi connectivity index (χ2v) is 5.54. The molecule has 0 fully saturated rings. The molecule has 0 spiro atoms. The van der Waals surface area contributed by atoms with Crippen LogP contribution in [0.4, 0.5) is 5.69 Å². The van der Waals surface area contributed by atoms with Crippen molar-refractivity contribution in [3.63, 3.8) is 0 Å². The number of rotatable bonds is 7. The Morgan fingerprint density at radius 2 is 2.00 bits per heavy atom. The van der Waals surface area contributed by atoms with Crippen molar-refractivity contribution in [3.8, 4) is 0 Å². The molecule has 0 saturated carbocycles. The van der Waals surface area contributed by atoms with Gasteiger partial charge in [-0.2, -0.15) is 0 Å².